The molecule has 0 aromatic heterocycles. The minimum Gasteiger partial charge on any atom is -0.444 e. The Morgan fingerprint density at radius 2 is 2.25 bits per heavy atom. The van der Waals surface area contributed by atoms with E-state index in [0.29, 0.717) is 12.6 Å². The molecule has 2 saturated heterocycles. The van der Waals surface area contributed by atoms with E-state index in [1.165, 1.54) is 0 Å². The van der Waals surface area contributed by atoms with Gasteiger partial charge in [-0.05, 0) is 27.2 Å². The van der Waals surface area contributed by atoms with Crippen LogP contribution in [0.1, 0.15) is 27.2 Å². The van der Waals surface area contributed by atoms with Gasteiger partial charge in [-0.3, -0.25) is 0 Å². The minimum absolute atomic E-state index is 0.00580. The molecule has 0 aliphatic carbocycles. The third kappa shape index (κ3) is 2.15. The highest BCUT2D eigenvalue weighted by Crippen LogP contribution is 2.29. The number of carbonyl (C=O) groups is 1. The second-order valence-corrected chi connectivity index (χ2v) is 5.59. The third-order valence-electron chi connectivity index (χ3n) is 3.08. The van der Waals surface area contributed by atoms with E-state index >= 15 is 0 Å². The van der Waals surface area contributed by atoms with Crippen molar-refractivity contribution >= 4 is 6.09 Å². The summed E-state index contributed by atoms with van der Waals surface area (Å²) in [7, 11) is 0. The standard InChI is InChI=1S/C11H20N2O3/c1-11(2,3)16-10(15)13-5-7-4-9(13)8(6-14)12-7/h7-9,12,14H,4-6H2,1-3H3. The molecule has 2 heterocycles. The first kappa shape index (κ1) is 11.7. The van der Waals surface area contributed by atoms with Gasteiger partial charge in [0.25, 0.3) is 0 Å². The van der Waals surface area contributed by atoms with Gasteiger partial charge < -0.3 is 20.1 Å². The van der Waals surface area contributed by atoms with Crippen LogP contribution in [-0.2, 0) is 4.74 Å². The molecule has 0 spiro atoms. The lowest BCUT2D eigenvalue weighted by molar-refractivity contribution is 0.0140. The predicted molar refractivity (Wildman–Crippen MR) is 59.1 cm³/mol. The molecular formula is C11H20N2O3. The van der Waals surface area contributed by atoms with E-state index in [4.69, 9.17) is 4.74 Å². The van der Waals surface area contributed by atoms with Crippen LogP contribution in [0.25, 0.3) is 0 Å². The molecular weight excluding hydrogens is 208 g/mol. The highest BCUT2D eigenvalue weighted by atomic mass is 16.6. The Morgan fingerprint density at radius 3 is 2.75 bits per heavy atom. The van der Waals surface area contributed by atoms with Gasteiger partial charge in [0.2, 0.25) is 0 Å². The fourth-order valence-corrected chi connectivity index (χ4v) is 2.49. The Hall–Kier alpha value is -0.810. The Morgan fingerprint density at radius 1 is 1.56 bits per heavy atom. The van der Waals surface area contributed by atoms with E-state index in [-0.39, 0.29) is 24.8 Å². The maximum Gasteiger partial charge on any atom is 0.410 e. The first-order valence-corrected chi connectivity index (χ1v) is 5.77. The highest BCUT2D eigenvalue weighted by Gasteiger charge is 2.47. The van der Waals surface area contributed by atoms with Gasteiger partial charge >= 0.3 is 6.09 Å². The van der Waals surface area contributed by atoms with Crippen LogP contribution in [0.3, 0.4) is 0 Å². The van der Waals surface area contributed by atoms with Crippen molar-refractivity contribution in [1.29, 1.82) is 0 Å². The molecule has 2 aliphatic heterocycles. The Labute approximate surface area is 95.8 Å². The summed E-state index contributed by atoms with van der Waals surface area (Å²) in [5.74, 6) is 0. The van der Waals surface area contributed by atoms with Crippen molar-refractivity contribution in [3.8, 4) is 0 Å². The van der Waals surface area contributed by atoms with E-state index in [9.17, 15) is 9.90 Å². The number of nitrogens with zero attached hydrogens (tertiary/aromatic N) is 1. The maximum absolute atomic E-state index is 11.9. The Kier molecular flexibility index (Phi) is 2.84. The van der Waals surface area contributed by atoms with Crippen molar-refractivity contribution in [3.05, 3.63) is 0 Å². The largest absolute Gasteiger partial charge is 0.444 e. The first-order chi connectivity index (χ1) is 7.40. The van der Waals surface area contributed by atoms with Crippen LogP contribution in [0.2, 0.25) is 0 Å². The molecule has 16 heavy (non-hydrogen) atoms. The number of rotatable bonds is 1. The van der Waals surface area contributed by atoms with Crippen LogP contribution in [0.4, 0.5) is 4.79 Å². The quantitative estimate of drug-likeness (QED) is 0.679. The van der Waals surface area contributed by atoms with E-state index in [0.717, 1.165) is 6.42 Å². The molecule has 3 atom stereocenters. The van der Waals surface area contributed by atoms with Crippen LogP contribution in [0.5, 0.6) is 0 Å². The summed E-state index contributed by atoms with van der Waals surface area (Å²) in [5.41, 5.74) is -0.457. The summed E-state index contributed by atoms with van der Waals surface area (Å²) >= 11 is 0. The Balaban J connectivity index is 1.99. The van der Waals surface area contributed by atoms with Crippen LogP contribution < -0.4 is 5.32 Å². The Bertz CT molecular complexity index is 287. The van der Waals surface area contributed by atoms with Gasteiger partial charge in [-0.25, -0.2) is 4.79 Å². The molecule has 0 saturated carbocycles. The molecule has 0 aromatic rings. The number of hydrogen-bond donors (Lipinski definition) is 2. The van der Waals surface area contributed by atoms with Crippen molar-refractivity contribution in [1.82, 2.24) is 10.2 Å². The normalized spacial score (nSPS) is 33.2. The molecule has 2 fully saturated rings. The molecule has 92 valence electrons. The predicted octanol–water partition coefficient (Wildman–Crippen LogP) is 0.329. The zero-order valence-corrected chi connectivity index (χ0v) is 10.1. The van der Waals surface area contributed by atoms with Gasteiger partial charge in [-0.15, -0.1) is 0 Å². The van der Waals surface area contributed by atoms with Crippen molar-refractivity contribution in [2.75, 3.05) is 13.2 Å². The zero-order valence-electron chi connectivity index (χ0n) is 10.1. The molecule has 1 amide bonds. The summed E-state index contributed by atoms with van der Waals surface area (Å²) < 4.78 is 5.34. The number of hydrogen-bond acceptors (Lipinski definition) is 4. The third-order valence-corrected chi connectivity index (χ3v) is 3.08. The maximum atomic E-state index is 11.9. The van der Waals surface area contributed by atoms with Crippen molar-refractivity contribution < 1.29 is 14.6 Å². The molecule has 3 unspecified atom stereocenters. The van der Waals surface area contributed by atoms with E-state index in [1.54, 1.807) is 4.90 Å². The molecule has 2 aliphatic rings. The number of carbonyl (C=O) groups excluding carboxylic acids is 1. The van der Waals surface area contributed by atoms with Gasteiger partial charge in [-0.2, -0.15) is 0 Å². The second-order valence-electron chi connectivity index (χ2n) is 5.59. The van der Waals surface area contributed by atoms with Gasteiger partial charge in [-0.1, -0.05) is 0 Å². The molecule has 2 rings (SSSR count). The SMILES string of the molecule is CC(C)(C)OC(=O)N1CC2CC1C(CO)N2. The number of nitrogens with one attached hydrogen (secondary N) is 1. The van der Waals surface area contributed by atoms with Crippen LogP contribution in [0, 0.1) is 0 Å². The smallest absolute Gasteiger partial charge is 0.410 e. The number of piperazine rings is 1. The number of aliphatic hydroxyl groups is 1. The summed E-state index contributed by atoms with van der Waals surface area (Å²) in [6, 6.07) is 0.408. The molecule has 2 N–H and O–H groups in total. The van der Waals surface area contributed by atoms with Crippen molar-refractivity contribution in [3.63, 3.8) is 0 Å². The second kappa shape index (κ2) is 3.89. The van der Waals surface area contributed by atoms with E-state index < -0.39 is 5.60 Å². The minimum atomic E-state index is -0.457. The molecule has 0 radical (unpaired) electrons. The van der Waals surface area contributed by atoms with Crippen LogP contribution in [-0.4, -0.2) is 53.0 Å². The summed E-state index contributed by atoms with van der Waals surface area (Å²) in [5, 5.41) is 12.5. The van der Waals surface area contributed by atoms with Crippen molar-refractivity contribution in [2.24, 2.45) is 0 Å². The molecule has 5 nitrogen and oxygen atoms in total. The average molecular weight is 228 g/mol. The van der Waals surface area contributed by atoms with E-state index in [2.05, 4.69) is 5.32 Å². The highest BCUT2D eigenvalue weighted by molar-refractivity contribution is 5.69. The average Bonchev–Trinajstić information content (AvgIpc) is 2.72. The molecule has 5 heteroatoms. The monoisotopic (exact) mass is 228 g/mol. The van der Waals surface area contributed by atoms with Crippen LogP contribution in [0.15, 0.2) is 0 Å². The van der Waals surface area contributed by atoms with Gasteiger partial charge in [0.05, 0.1) is 18.7 Å². The summed E-state index contributed by atoms with van der Waals surface area (Å²) in [6.07, 6.45) is 0.657. The van der Waals surface area contributed by atoms with Gasteiger partial charge in [0, 0.05) is 12.6 Å². The lowest BCUT2D eigenvalue weighted by Crippen LogP contribution is -2.55. The fraction of sp³-hybridized carbons (Fsp3) is 0.909. The topological polar surface area (TPSA) is 61.8 Å². The lowest BCUT2D eigenvalue weighted by Gasteiger charge is -2.34. The van der Waals surface area contributed by atoms with Gasteiger partial charge in [0.15, 0.2) is 0 Å². The number of likely N-dealkylation sites (tertiary alicyclic amines) is 1. The first-order valence-electron chi connectivity index (χ1n) is 5.77. The van der Waals surface area contributed by atoms with Crippen molar-refractivity contribution in [2.45, 2.75) is 50.9 Å². The molecule has 2 bridgehead atoms. The van der Waals surface area contributed by atoms with E-state index in [1.807, 2.05) is 20.8 Å². The van der Waals surface area contributed by atoms with Crippen LogP contribution >= 0.6 is 0 Å². The number of fused-ring (bicyclic) bond motifs is 2. The summed E-state index contributed by atoms with van der Waals surface area (Å²) in [6.45, 7) is 6.35. The number of ether oxygens (including phenoxy) is 1. The number of amides is 1. The number of aliphatic hydroxyl groups excluding tert-OH is 1. The molecule has 0 aromatic carbocycles. The lowest BCUT2D eigenvalue weighted by atomic mass is 10.1. The fourth-order valence-electron chi connectivity index (χ4n) is 2.49. The zero-order chi connectivity index (χ0) is 11.9. The summed E-state index contributed by atoms with van der Waals surface area (Å²) in [4.78, 5) is 13.6. The van der Waals surface area contributed by atoms with Gasteiger partial charge in [0.1, 0.15) is 5.60 Å².